The maximum atomic E-state index is 12.1. The Morgan fingerprint density at radius 1 is 1.38 bits per heavy atom. The first-order valence-electron chi connectivity index (χ1n) is 7.37. The molecule has 1 unspecified atom stereocenters. The molecule has 1 atom stereocenters. The number of rotatable bonds is 5. The van der Waals surface area contributed by atoms with E-state index in [1.807, 2.05) is 43.3 Å². The Balaban J connectivity index is 1.71. The lowest BCUT2D eigenvalue weighted by Gasteiger charge is -2.09. The normalized spacial score (nSPS) is 12.6. The first kappa shape index (κ1) is 16.8. The van der Waals surface area contributed by atoms with Crippen molar-refractivity contribution in [2.75, 3.05) is 7.11 Å². The topological polar surface area (TPSA) is 51.5 Å². The molecule has 1 amide bonds. The number of halogens is 1. The zero-order valence-corrected chi connectivity index (χ0v) is 15.6. The van der Waals surface area contributed by atoms with Crippen LogP contribution in [-0.4, -0.2) is 13.0 Å². The molecule has 0 bridgehead atoms. The lowest BCUT2D eigenvalue weighted by Crippen LogP contribution is -2.24. The molecule has 4 nitrogen and oxygen atoms in total. The molecule has 0 aliphatic rings. The molecule has 3 aromatic rings. The number of amides is 1. The van der Waals surface area contributed by atoms with Crippen LogP contribution >= 0.6 is 27.3 Å². The molecule has 2 aromatic heterocycles. The van der Waals surface area contributed by atoms with Crippen molar-refractivity contribution < 1.29 is 13.9 Å². The van der Waals surface area contributed by atoms with Crippen molar-refractivity contribution in [2.24, 2.45) is 0 Å². The molecule has 0 saturated carbocycles. The molecule has 1 N–H and O–H groups in total. The molecule has 0 aliphatic heterocycles. The Morgan fingerprint density at radius 3 is 2.92 bits per heavy atom. The Morgan fingerprint density at radius 2 is 2.21 bits per heavy atom. The molecule has 0 spiro atoms. The van der Waals surface area contributed by atoms with E-state index in [9.17, 15) is 4.79 Å². The number of fused-ring (bicyclic) bond motifs is 1. The summed E-state index contributed by atoms with van der Waals surface area (Å²) in [6.07, 6.45) is 3.32. The summed E-state index contributed by atoms with van der Waals surface area (Å²) >= 11 is 4.97. The average Bonchev–Trinajstić information content (AvgIpc) is 3.18. The first-order chi connectivity index (χ1) is 11.6. The van der Waals surface area contributed by atoms with Gasteiger partial charge in [0.2, 0.25) is 5.91 Å². The minimum Gasteiger partial charge on any atom is -0.493 e. The molecule has 6 heteroatoms. The quantitative estimate of drug-likeness (QED) is 0.596. The van der Waals surface area contributed by atoms with Crippen LogP contribution in [0.3, 0.4) is 0 Å². The van der Waals surface area contributed by atoms with E-state index in [1.165, 1.54) is 6.08 Å². The molecule has 2 heterocycles. The largest absolute Gasteiger partial charge is 0.493 e. The van der Waals surface area contributed by atoms with Gasteiger partial charge in [0.05, 0.1) is 16.9 Å². The lowest BCUT2D eigenvalue weighted by molar-refractivity contribution is -0.117. The second-order valence-corrected chi connectivity index (χ2v) is 7.73. The summed E-state index contributed by atoms with van der Waals surface area (Å²) in [5.74, 6) is 1.20. The van der Waals surface area contributed by atoms with Gasteiger partial charge in [-0.2, -0.15) is 0 Å². The monoisotopic (exact) mass is 405 g/mol. The van der Waals surface area contributed by atoms with Crippen molar-refractivity contribution >= 4 is 50.2 Å². The smallest absolute Gasteiger partial charge is 0.244 e. The zero-order chi connectivity index (χ0) is 17.1. The number of hydrogen-bond donors (Lipinski definition) is 1. The van der Waals surface area contributed by atoms with Crippen LogP contribution in [0.25, 0.3) is 17.0 Å². The van der Waals surface area contributed by atoms with Crippen molar-refractivity contribution in [1.82, 2.24) is 5.32 Å². The first-order valence-corrected chi connectivity index (χ1v) is 8.98. The van der Waals surface area contributed by atoms with Gasteiger partial charge in [-0.1, -0.05) is 12.1 Å². The number of hydrogen-bond acceptors (Lipinski definition) is 4. The van der Waals surface area contributed by atoms with Gasteiger partial charge in [0.1, 0.15) is 5.76 Å². The van der Waals surface area contributed by atoms with Crippen molar-refractivity contribution in [2.45, 2.75) is 13.0 Å². The summed E-state index contributed by atoms with van der Waals surface area (Å²) in [4.78, 5) is 13.1. The summed E-state index contributed by atoms with van der Waals surface area (Å²) in [6.45, 7) is 1.89. The molecular formula is C18H16BrNO3S. The molecule has 0 radical (unpaired) electrons. The SMILES string of the molecule is COc1cccc2cc(C(C)NC(=O)/C=C/c3ccc(Br)s3)oc12. The molecule has 0 aliphatic carbocycles. The van der Waals surface area contributed by atoms with Crippen LogP contribution < -0.4 is 10.1 Å². The lowest BCUT2D eigenvalue weighted by atomic mass is 10.2. The molecular weight excluding hydrogens is 390 g/mol. The third-order valence-corrected chi connectivity index (χ3v) is 5.11. The molecule has 0 saturated heterocycles. The van der Waals surface area contributed by atoms with Crippen molar-refractivity contribution in [3.8, 4) is 5.75 Å². The molecule has 3 rings (SSSR count). The molecule has 24 heavy (non-hydrogen) atoms. The number of thiophene rings is 1. The number of benzene rings is 1. The number of methoxy groups -OCH3 is 1. The minimum absolute atomic E-state index is 0.167. The van der Waals surface area contributed by atoms with Gasteiger partial charge >= 0.3 is 0 Å². The van der Waals surface area contributed by atoms with E-state index < -0.39 is 0 Å². The fourth-order valence-corrected chi connectivity index (χ4v) is 3.67. The molecule has 0 fully saturated rings. The fourth-order valence-electron chi connectivity index (χ4n) is 2.34. The van der Waals surface area contributed by atoms with Gasteiger partial charge in [-0.3, -0.25) is 4.79 Å². The van der Waals surface area contributed by atoms with E-state index in [2.05, 4.69) is 21.2 Å². The van der Waals surface area contributed by atoms with Gasteiger partial charge in [0.15, 0.2) is 11.3 Å². The van der Waals surface area contributed by atoms with Crippen molar-refractivity contribution in [3.05, 3.63) is 56.9 Å². The highest BCUT2D eigenvalue weighted by molar-refractivity contribution is 9.11. The minimum atomic E-state index is -0.241. The Hall–Kier alpha value is -2.05. The van der Waals surface area contributed by atoms with Gasteiger partial charge < -0.3 is 14.5 Å². The van der Waals surface area contributed by atoms with E-state index in [-0.39, 0.29) is 11.9 Å². The van der Waals surface area contributed by atoms with Gasteiger partial charge in [-0.15, -0.1) is 11.3 Å². The van der Waals surface area contributed by atoms with Crippen LogP contribution in [0.15, 0.2) is 50.7 Å². The van der Waals surface area contributed by atoms with E-state index in [1.54, 1.807) is 24.5 Å². The summed E-state index contributed by atoms with van der Waals surface area (Å²) in [5.41, 5.74) is 0.690. The molecule has 124 valence electrons. The highest BCUT2D eigenvalue weighted by atomic mass is 79.9. The highest BCUT2D eigenvalue weighted by Crippen LogP contribution is 2.30. The standard InChI is InChI=1S/C18H16BrNO3S/c1-11(20-17(21)9-7-13-6-8-16(19)24-13)15-10-12-4-3-5-14(22-2)18(12)23-15/h3-11H,1-2H3,(H,20,21)/b9-7+. The Labute approximate surface area is 152 Å². The Kier molecular flexibility index (Phi) is 5.06. The Bertz CT molecular complexity index is 897. The van der Waals surface area contributed by atoms with E-state index in [0.717, 1.165) is 14.0 Å². The third-order valence-electron chi connectivity index (χ3n) is 3.53. The van der Waals surface area contributed by atoms with Crippen LogP contribution in [0.1, 0.15) is 23.6 Å². The average molecular weight is 406 g/mol. The maximum absolute atomic E-state index is 12.1. The van der Waals surface area contributed by atoms with Crippen LogP contribution in [0.5, 0.6) is 5.75 Å². The number of carbonyl (C=O) groups excluding carboxylic acids is 1. The van der Waals surface area contributed by atoms with Gasteiger partial charge in [-0.05, 0) is 53.2 Å². The summed E-state index contributed by atoms with van der Waals surface area (Å²) in [7, 11) is 1.61. The number of nitrogens with one attached hydrogen (secondary N) is 1. The number of furan rings is 1. The van der Waals surface area contributed by atoms with Crippen LogP contribution in [0.2, 0.25) is 0 Å². The van der Waals surface area contributed by atoms with E-state index in [0.29, 0.717) is 17.1 Å². The van der Waals surface area contributed by atoms with Crippen molar-refractivity contribution in [1.29, 1.82) is 0 Å². The maximum Gasteiger partial charge on any atom is 0.244 e. The second kappa shape index (κ2) is 7.23. The van der Waals surface area contributed by atoms with Crippen molar-refractivity contribution in [3.63, 3.8) is 0 Å². The van der Waals surface area contributed by atoms with Gasteiger partial charge in [-0.25, -0.2) is 0 Å². The predicted octanol–water partition coefficient (Wildman–Crippen LogP) is 5.16. The van der Waals surface area contributed by atoms with Gasteiger partial charge in [0.25, 0.3) is 0 Å². The van der Waals surface area contributed by atoms with Crippen LogP contribution in [0.4, 0.5) is 0 Å². The highest BCUT2D eigenvalue weighted by Gasteiger charge is 2.15. The van der Waals surface area contributed by atoms with Crippen LogP contribution in [0, 0.1) is 0 Å². The fraction of sp³-hybridized carbons (Fsp3) is 0.167. The third kappa shape index (κ3) is 3.71. The summed E-state index contributed by atoms with van der Waals surface area (Å²) < 4.78 is 12.2. The van der Waals surface area contributed by atoms with E-state index in [4.69, 9.17) is 9.15 Å². The van der Waals surface area contributed by atoms with Crippen LogP contribution in [-0.2, 0) is 4.79 Å². The summed E-state index contributed by atoms with van der Waals surface area (Å²) in [5, 5.41) is 3.85. The van der Waals surface area contributed by atoms with Gasteiger partial charge in [0, 0.05) is 16.3 Å². The number of carbonyl (C=O) groups is 1. The molecule has 1 aromatic carbocycles. The van der Waals surface area contributed by atoms with E-state index >= 15 is 0 Å². The second-order valence-electron chi connectivity index (χ2n) is 5.23. The number of para-hydroxylation sites is 1. The zero-order valence-electron chi connectivity index (χ0n) is 13.2. The predicted molar refractivity (Wildman–Crippen MR) is 100 cm³/mol. The number of ether oxygens (including phenoxy) is 1. The summed E-state index contributed by atoms with van der Waals surface area (Å²) in [6, 6.07) is 11.3.